The van der Waals surface area contributed by atoms with Gasteiger partial charge >= 0.3 is 0 Å². The molecule has 156 valence electrons. The summed E-state index contributed by atoms with van der Waals surface area (Å²) in [7, 11) is 0. The lowest BCUT2D eigenvalue weighted by molar-refractivity contribution is 0.103. The maximum Gasteiger partial charge on any atom is 0.266 e. The molecule has 2 aromatic heterocycles. The third-order valence-corrected chi connectivity index (χ3v) is 6.47. The number of carbonyl (C=O) groups is 1. The predicted molar refractivity (Wildman–Crippen MR) is 128 cm³/mol. The molecule has 0 fully saturated rings. The molecule has 6 heteroatoms. The molecule has 0 N–H and O–H groups in total. The second-order valence-electron chi connectivity index (χ2n) is 8.08. The van der Waals surface area contributed by atoms with Crippen LogP contribution in [0.1, 0.15) is 16.2 Å². The quantitative estimate of drug-likeness (QED) is 0.302. The number of carbonyl (C=O) groups excluding carboxylic acids is 1. The number of nitrogens with zero attached hydrogens (tertiary/aromatic N) is 2. The number of furan rings is 1. The van der Waals surface area contributed by atoms with E-state index in [0.29, 0.717) is 27.2 Å². The zero-order valence-electron chi connectivity index (χ0n) is 17.0. The normalized spacial score (nSPS) is 12.6. The van der Waals surface area contributed by atoms with Crippen molar-refractivity contribution < 1.29 is 9.21 Å². The fourth-order valence-corrected chi connectivity index (χ4v) is 4.92. The second kappa shape index (κ2) is 6.40. The Morgan fingerprint density at radius 2 is 1.64 bits per heavy atom. The number of benzene rings is 4. The van der Waals surface area contributed by atoms with Crippen molar-refractivity contribution >= 4 is 50.2 Å². The molecule has 7 rings (SSSR count). The minimum absolute atomic E-state index is 0.105. The molecule has 0 spiro atoms. The van der Waals surface area contributed by atoms with Crippen LogP contribution in [0.15, 0.2) is 88.1 Å². The number of fused-ring (bicyclic) bond motifs is 7. The van der Waals surface area contributed by atoms with E-state index < -0.39 is 0 Å². The molecule has 3 heterocycles. The Balaban J connectivity index is 1.48. The fourth-order valence-electron chi connectivity index (χ4n) is 4.75. The highest BCUT2D eigenvalue weighted by Crippen LogP contribution is 2.38. The first-order valence-electron chi connectivity index (χ1n) is 10.4. The predicted octanol–water partition coefficient (Wildman–Crippen LogP) is 6.15. The lowest BCUT2D eigenvalue weighted by atomic mass is 9.97. The summed E-state index contributed by atoms with van der Waals surface area (Å²) < 4.78 is 7.41. The van der Waals surface area contributed by atoms with E-state index in [9.17, 15) is 9.59 Å². The van der Waals surface area contributed by atoms with Gasteiger partial charge < -0.3 is 4.42 Å². The van der Waals surface area contributed by atoms with Gasteiger partial charge in [0.05, 0.1) is 22.2 Å². The topological polar surface area (TPSA) is 65.1 Å². The second-order valence-corrected chi connectivity index (χ2v) is 8.51. The van der Waals surface area contributed by atoms with Gasteiger partial charge in [0.2, 0.25) is 5.78 Å². The SMILES string of the molecule is O=C1c2cc(-c3cccc4oc5ccccc5c34)ccc2-n2c1nc1cc(Cl)ccc1c2=O. The fraction of sp³-hybridized carbons (Fsp3) is 0. The first-order valence-corrected chi connectivity index (χ1v) is 10.8. The number of hydrogen-bond acceptors (Lipinski definition) is 4. The number of ketones is 1. The Bertz CT molecular complexity index is 1880. The standard InChI is InChI=1S/C27H13ClN2O3/c28-15-9-10-17-20(13-15)29-26-25(31)19-12-14(8-11-21(19)30(26)27(17)32)16-5-3-7-23-24(16)18-4-1-2-6-22(18)33-23/h1-13H. The van der Waals surface area contributed by atoms with Crippen molar-refractivity contribution in [1.29, 1.82) is 0 Å². The van der Waals surface area contributed by atoms with Crippen LogP contribution in [0, 0.1) is 0 Å². The van der Waals surface area contributed by atoms with E-state index in [1.807, 2.05) is 60.7 Å². The minimum atomic E-state index is -0.283. The van der Waals surface area contributed by atoms with Crippen LogP contribution in [-0.2, 0) is 0 Å². The Labute approximate surface area is 191 Å². The van der Waals surface area contributed by atoms with E-state index in [1.165, 1.54) is 4.57 Å². The molecule has 33 heavy (non-hydrogen) atoms. The van der Waals surface area contributed by atoms with E-state index in [1.54, 1.807) is 18.2 Å². The first-order chi connectivity index (χ1) is 16.1. The molecule has 0 saturated carbocycles. The van der Waals surface area contributed by atoms with Gasteiger partial charge in [-0.2, -0.15) is 0 Å². The zero-order valence-corrected chi connectivity index (χ0v) is 17.8. The molecule has 1 aliphatic heterocycles. The summed E-state index contributed by atoms with van der Waals surface area (Å²) >= 11 is 6.07. The highest BCUT2D eigenvalue weighted by Gasteiger charge is 2.31. The smallest absolute Gasteiger partial charge is 0.266 e. The van der Waals surface area contributed by atoms with Gasteiger partial charge in [0.25, 0.3) is 5.56 Å². The van der Waals surface area contributed by atoms with Gasteiger partial charge in [-0.1, -0.05) is 48.0 Å². The van der Waals surface area contributed by atoms with Crippen molar-refractivity contribution in [2.75, 3.05) is 0 Å². The highest BCUT2D eigenvalue weighted by atomic mass is 35.5. The van der Waals surface area contributed by atoms with Crippen molar-refractivity contribution in [2.45, 2.75) is 0 Å². The van der Waals surface area contributed by atoms with E-state index >= 15 is 0 Å². The summed E-state index contributed by atoms with van der Waals surface area (Å²) in [6.07, 6.45) is 0. The Hall–Kier alpha value is -4.22. The summed E-state index contributed by atoms with van der Waals surface area (Å²) in [6.45, 7) is 0. The molecule has 6 aromatic rings. The van der Waals surface area contributed by atoms with Crippen molar-refractivity contribution in [1.82, 2.24) is 9.55 Å². The van der Waals surface area contributed by atoms with Gasteiger partial charge in [-0.25, -0.2) is 4.98 Å². The van der Waals surface area contributed by atoms with E-state index in [-0.39, 0.29) is 17.2 Å². The summed E-state index contributed by atoms with van der Waals surface area (Å²) in [4.78, 5) is 31.0. The molecule has 0 amide bonds. The van der Waals surface area contributed by atoms with E-state index in [0.717, 1.165) is 33.1 Å². The maximum atomic E-state index is 13.3. The molecule has 0 saturated heterocycles. The van der Waals surface area contributed by atoms with Crippen LogP contribution in [0.25, 0.3) is 49.7 Å². The lowest BCUT2D eigenvalue weighted by Crippen LogP contribution is -2.21. The maximum absolute atomic E-state index is 13.3. The summed E-state index contributed by atoms with van der Waals surface area (Å²) in [6, 6.07) is 24.2. The molecule has 0 atom stereocenters. The number of rotatable bonds is 1. The van der Waals surface area contributed by atoms with Crippen LogP contribution in [0.2, 0.25) is 5.02 Å². The molecule has 0 unspecified atom stereocenters. The Morgan fingerprint density at radius 3 is 2.55 bits per heavy atom. The van der Waals surface area contributed by atoms with Gasteiger partial charge in [-0.15, -0.1) is 0 Å². The molecular formula is C27H13ClN2O3. The van der Waals surface area contributed by atoms with Gasteiger partial charge in [0.15, 0.2) is 5.82 Å². The van der Waals surface area contributed by atoms with Crippen LogP contribution in [0.4, 0.5) is 0 Å². The Kier molecular flexibility index (Phi) is 3.56. The molecule has 5 nitrogen and oxygen atoms in total. The van der Waals surface area contributed by atoms with Crippen LogP contribution < -0.4 is 5.56 Å². The molecular weight excluding hydrogens is 436 g/mol. The number of hydrogen-bond donors (Lipinski definition) is 0. The van der Waals surface area contributed by atoms with Crippen molar-refractivity contribution in [2.24, 2.45) is 0 Å². The average Bonchev–Trinajstić information content (AvgIpc) is 3.34. The van der Waals surface area contributed by atoms with Crippen molar-refractivity contribution in [3.63, 3.8) is 0 Å². The third kappa shape index (κ3) is 2.45. The third-order valence-electron chi connectivity index (χ3n) is 6.23. The first kappa shape index (κ1) is 18.4. The largest absolute Gasteiger partial charge is 0.456 e. The van der Waals surface area contributed by atoms with Crippen LogP contribution in [-0.4, -0.2) is 15.3 Å². The van der Waals surface area contributed by atoms with E-state index in [4.69, 9.17) is 16.0 Å². The lowest BCUT2D eigenvalue weighted by Gasteiger charge is -2.08. The molecule has 1 aliphatic rings. The molecule has 0 radical (unpaired) electrons. The van der Waals surface area contributed by atoms with Gasteiger partial charge in [-0.05, 0) is 53.6 Å². The van der Waals surface area contributed by atoms with Gasteiger partial charge in [0.1, 0.15) is 11.2 Å². The van der Waals surface area contributed by atoms with Gasteiger partial charge in [0, 0.05) is 15.8 Å². The highest BCUT2D eigenvalue weighted by molar-refractivity contribution is 6.31. The Morgan fingerprint density at radius 1 is 0.788 bits per heavy atom. The van der Waals surface area contributed by atoms with Crippen LogP contribution in [0.3, 0.4) is 0 Å². The summed E-state index contributed by atoms with van der Waals surface area (Å²) in [5.41, 5.74) is 4.54. The molecule has 0 aliphatic carbocycles. The van der Waals surface area contributed by atoms with Crippen molar-refractivity contribution in [3.8, 4) is 16.8 Å². The molecule has 0 bridgehead atoms. The number of halogens is 1. The van der Waals surface area contributed by atoms with Crippen LogP contribution in [0.5, 0.6) is 0 Å². The molecule has 4 aromatic carbocycles. The minimum Gasteiger partial charge on any atom is -0.456 e. The van der Waals surface area contributed by atoms with Crippen molar-refractivity contribution in [3.05, 3.63) is 106 Å². The van der Waals surface area contributed by atoms with E-state index in [2.05, 4.69) is 4.98 Å². The zero-order chi connectivity index (χ0) is 22.3. The van der Waals surface area contributed by atoms with Crippen LogP contribution >= 0.6 is 11.6 Å². The van der Waals surface area contributed by atoms with Gasteiger partial charge in [-0.3, -0.25) is 14.2 Å². The summed E-state index contributed by atoms with van der Waals surface area (Å²) in [5.74, 6) is -0.177. The average molecular weight is 449 g/mol. The monoisotopic (exact) mass is 448 g/mol. The number of aromatic nitrogens is 2. The summed E-state index contributed by atoms with van der Waals surface area (Å²) in [5, 5.41) is 2.89. The number of para-hydroxylation sites is 1.